The van der Waals surface area contributed by atoms with E-state index in [1.807, 2.05) is 0 Å². The van der Waals surface area contributed by atoms with Gasteiger partial charge in [-0.3, -0.25) is 0 Å². The van der Waals surface area contributed by atoms with E-state index in [9.17, 15) is 4.79 Å². The van der Waals surface area contributed by atoms with E-state index in [-0.39, 0.29) is 0 Å². The maximum atomic E-state index is 9.72. The first-order valence-corrected chi connectivity index (χ1v) is 3.33. The average Bonchev–Trinajstić information content (AvgIpc) is 1.94. The second kappa shape index (κ2) is 3.53. The molecule has 0 spiro atoms. The van der Waals surface area contributed by atoms with E-state index in [1.54, 1.807) is 0 Å². The molecule has 0 aromatic carbocycles. The molecule has 1 atom stereocenters. The molecule has 0 aromatic heterocycles. The van der Waals surface area contributed by atoms with Crippen LogP contribution in [0, 0.1) is 0 Å². The average molecular weight is 144 g/mol. The van der Waals surface area contributed by atoms with Crippen molar-refractivity contribution < 1.29 is 14.7 Å². The molecular weight excluding hydrogens is 134 g/mol. The van der Waals surface area contributed by atoms with Crippen molar-refractivity contribution in [1.82, 2.24) is 5.06 Å². The van der Waals surface area contributed by atoms with Gasteiger partial charge in [-0.25, -0.2) is 4.79 Å². The zero-order valence-electron chi connectivity index (χ0n) is 5.62. The van der Waals surface area contributed by atoms with Crippen molar-refractivity contribution in [2.45, 2.75) is 25.5 Å². The number of piperidine rings is 1. The van der Waals surface area contributed by atoms with Crippen LogP contribution in [-0.4, -0.2) is 29.4 Å². The van der Waals surface area contributed by atoms with Crippen LogP contribution in [0.1, 0.15) is 19.3 Å². The van der Waals surface area contributed by atoms with Gasteiger partial charge in [-0.05, 0) is 19.3 Å². The molecule has 57 valence electrons. The molecule has 4 nitrogen and oxygen atoms in total. The summed E-state index contributed by atoms with van der Waals surface area (Å²) < 4.78 is 0. The van der Waals surface area contributed by atoms with Gasteiger partial charge in [0, 0.05) is 6.54 Å². The van der Waals surface area contributed by atoms with E-state index in [1.165, 1.54) is 11.5 Å². The third-order valence-electron chi connectivity index (χ3n) is 1.58. The third kappa shape index (κ3) is 1.68. The highest BCUT2D eigenvalue weighted by Crippen LogP contribution is 2.13. The predicted molar refractivity (Wildman–Crippen MR) is 33.3 cm³/mol. The van der Waals surface area contributed by atoms with Gasteiger partial charge in [0.1, 0.15) is 6.23 Å². The van der Waals surface area contributed by atoms with Gasteiger partial charge in [0.2, 0.25) is 0 Å². The van der Waals surface area contributed by atoms with Gasteiger partial charge in [0.15, 0.2) is 0 Å². The van der Waals surface area contributed by atoms with Crippen molar-refractivity contribution in [2.75, 3.05) is 6.54 Å². The second-order valence-electron chi connectivity index (χ2n) is 2.29. The number of hydroxylamine groups is 2. The molecule has 1 saturated heterocycles. The molecule has 0 bridgehead atoms. The fourth-order valence-electron chi connectivity index (χ4n) is 1.04. The molecule has 1 aliphatic heterocycles. The Morgan fingerprint density at radius 3 is 3.00 bits per heavy atom. The molecule has 1 fully saturated rings. The number of aliphatic hydroxyl groups excluding tert-OH is 1. The van der Waals surface area contributed by atoms with Crippen molar-refractivity contribution in [3.05, 3.63) is 0 Å². The summed E-state index contributed by atoms with van der Waals surface area (Å²) in [6.07, 6.45) is 1.98. The molecular formula is C6H10NO3. The van der Waals surface area contributed by atoms with Crippen LogP contribution >= 0.6 is 0 Å². The van der Waals surface area contributed by atoms with Crippen LogP contribution in [0.3, 0.4) is 0 Å². The molecule has 1 unspecified atom stereocenters. The van der Waals surface area contributed by atoms with Gasteiger partial charge in [-0.2, -0.15) is 0 Å². The van der Waals surface area contributed by atoms with Crippen molar-refractivity contribution in [3.8, 4) is 0 Å². The standard InChI is InChI=1S/C6H10NO3/c8-5-10-7-4-2-1-3-6(7)9/h6,9H,1-4H2. The number of aliphatic hydroxyl groups is 1. The Hall–Kier alpha value is -0.610. The predicted octanol–water partition coefficient (Wildman–Crippen LogP) is -0.210. The fraction of sp³-hybridized carbons (Fsp3) is 0.833. The maximum Gasteiger partial charge on any atom is 0.438 e. The van der Waals surface area contributed by atoms with Gasteiger partial charge in [-0.1, -0.05) is 0 Å². The van der Waals surface area contributed by atoms with E-state index < -0.39 is 6.23 Å². The first-order valence-electron chi connectivity index (χ1n) is 3.33. The quantitative estimate of drug-likeness (QED) is 0.582. The van der Waals surface area contributed by atoms with Gasteiger partial charge in [0.05, 0.1) is 0 Å². The smallest absolute Gasteiger partial charge is 0.375 e. The first-order chi connectivity index (χ1) is 4.84. The first kappa shape index (κ1) is 7.50. The maximum absolute atomic E-state index is 9.72. The number of hydrogen-bond donors (Lipinski definition) is 1. The molecule has 1 N–H and O–H groups in total. The summed E-state index contributed by atoms with van der Waals surface area (Å²) in [5.41, 5.74) is 0. The van der Waals surface area contributed by atoms with E-state index >= 15 is 0 Å². The molecule has 10 heavy (non-hydrogen) atoms. The third-order valence-corrected chi connectivity index (χ3v) is 1.58. The fourth-order valence-corrected chi connectivity index (χ4v) is 1.04. The van der Waals surface area contributed by atoms with Crippen LogP contribution in [0.25, 0.3) is 0 Å². The Bertz CT molecular complexity index is 118. The van der Waals surface area contributed by atoms with Crippen LogP contribution in [0.2, 0.25) is 0 Å². The minimum atomic E-state index is -0.629. The van der Waals surface area contributed by atoms with Crippen LogP contribution in [-0.2, 0) is 9.63 Å². The van der Waals surface area contributed by atoms with Crippen molar-refractivity contribution in [1.29, 1.82) is 0 Å². The summed E-state index contributed by atoms with van der Waals surface area (Å²) in [4.78, 5) is 14.1. The minimum absolute atomic E-state index is 0.608. The van der Waals surface area contributed by atoms with Crippen LogP contribution in [0.15, 0.2) is 0 Å². The van der Waals surface area contributed by atoms with Crippen molar-refractivity contribution in [2.24, 2.45) is 0 Å². The minimum Gasteiger partial charge on any atom is -0.375 e. The topological polar surface area (TPSA) is 49.8 Å². The highest BCUT2D eigenvalue weighted by molar-refractivity contribution is 5.37. The zero-order valence-corrected chi connectivity index (χ0v) is 5.62. The lowest BCUT2D eigenvalue weighted by atomic mass is 10.1. The Morgan fingerprint density at radius 1 is 1.60 bits per heavy atom. The lowest BCUT2D eigenvalue weighted by Crippen LogP contribution is -2.38. The van der Waals surface area contributed by atoms with Crippen LogP contribution in [0.5, 0.6) is 0 Å². The molecule has 1 aliphatic rings. The highest BCUT2D eigenvalue weighted by Gasteiger charge is 2.20. The molecule has 1 heterocycles. The number of hydrogen-bond acceptors (Lipinski definition) is 4. The summed E-state index contributed by atoms with van der Waals surface area (Å²) in [6, 6.07) is 0. The molecule has 0 aromatic rings. The van der Waals surface area contributed by atoms with Gasteiger partial charge >= 0.3 is 6.47 Å². The van der Waals surface area contributed by atoms with Gasteiger partial charge in [-0.15, -0.1) is 5.06 Å². The molecule has 1 radical (unpaired) electrons. The Kier molecular flexibility index (Phi) is 2.65. The molecule has 0 aliphatic carbocycles. The second-order valence-corrected chi connectivity index (χ2v) is 2.29. The summed E-state index contributed by atoms with van der Waals surface area (Å²) in [5, 5.41) is 10.4. The van der Waals surface area contributed by atoms with Gasteiger partial charge < -0.3 is 9.94 Å². The number of rotatable bonds is 2. The monoisotopic (exact) mass is 144 g/mol. The Morgan fingerprint density at radius 2 is 2.40 bits per heavy atom. The summed E-state index contributed by atoms with van der Waals surface area (Å²) >= 11 is 0. The molecule has 4 heteroatoms. The summed E-state index contributed by atoms with van der Waals surface area (Å²) in [6.45, 7) is 1.89. The SMILES string of the molecule is O=[C]ON1CCCCC1O. The van der Waals surface area contributed by atoms with Gasteiger partial charge in [0.25, 0.3) is 0 Å². The highest BCUT2D eigenvalue weighted by atomic mass is 16.7. The Balaban J connectivity index is 2.32. The van der Waals surface area contributed by atoms with E-state index in [2.05, 4.69) is 4.84 Å². The summed E-state index contributed by atoms with van der Waals surface area (Å²) in [7, 11) is 0. The molecule has 0 saturated carbocycles. The normalized spacial score (nSPS) is 27.9. The largest absolute Gasteiger partial charge is 0.438 e. The lowest BCUT2D eigenvalue weighted by Gasteiger charge is -2.27. The summed E-state index contributed by atoms with van der Waals surface area (Å²) in [5.74, 6) is 0. The van der Waals surface area contributed by atoms with Crippen molar-refractivity contribution >= 4 is 6.47 Å². The van der Waals surface area contributed by atoms with Crippen molar-refractivity contribution in [3.63, 3.8) is 0 Å². The van der Waals surface area contributed by atoms with Crippen LogP contribution < -0.4 is 0 Å². The van der Waals surface area contributed by atoms with Crippen LogP contribution in [0.4, 0.5) is 0 Å². The van der Waals surface area contributed by atoms with E-state index in [0.29, 0.717) is 13.0 Å². The number of nitrogens with zero attached hydrogens (tertiary/aromatic N) is 1. The molecule has 0 amide bonds. The Labute approximate surface area is 59.3 Å². The molecule has 1 rings (SSSR count). The lowest BCUT2D eigenvalue weighted by molar-refractivity contribution is -0.197. The number of carbonyl (C=O) groups excluding carboxylic acids is 1. The zero-order chi connectivity index (χ0) is 7.40. The van der Waals surface area contributed by atoms with E-state index in [4.69, 9.17) is 5.11 Å². The van der Waals surface area contributed by atoms with E-state index in [0.717, 1.165) is 12.8 Å².